The number of aromatic nitrogens is 3. The highest BCUT2D eigenvalue weighted by atomic mass is 79.9. The molecule has 2 rings (SSSR count). The van der Waals surface area contributed by atoms with Crippen molar-refractivity contribution < 1.29 is 9.66 Å². The summed E-state index contributed by atoms with van der Waals surface area (Å²) in [6.07, 6.45) is 0. The number of benzene rings is 1. The lowest BCUT2D eigenvalue weighted by Gasteiger charge is -2.06. The van der Waals surface area contributed by atoms with Crippen LogP contribution in [0.4, 0.5) is 11.6 Å². The first-order chi connectivity index (χ1) is 9.97. The molecule has 0 radical (unpaired) electrons. The molecule has 21 heavy (non-hydrogen) atoms. The number of nitro groups is 1. The molecule has 0 saturated carbocycles. The Morgan fingerprint density at radius 3 is 2.81 bits per heavy atom. The Hall–Kier alpha value is -2.00. The third kappa shape index (κ3) is 4.23. The van der Waals surface area contributed by atoms with E-state index in [9.17, 15) is 10.1 Å². The molecule has 0 bridgehead atoms. The van der Waals surface area contributed by atoms with Crippen LogP contribution < -0.4 is 10.1 Å². The summed E-state index contributed by atoms with van der Waals surface area (Å²) < 4.78 is 5.90. The Morgan fingerprint density at radius 2 is 2.14 bits per heavy atom. The van der Waals surface area contributed by atoms with Gasteiger partial charge in [-0.15, -0.1) is 0 Å². The van der Waals surface area contributed by atoms with E-state index >= 15 is 0 Å². The van der Waals surface area contributed by atoms with Gasteiger partial charge in [-0.05, 0) is 24.6 Å². The quantitative estimate of drug-likeness (QED) is 0.631. The first kappa shape index (κ1) is 15.4. The predicted molar refractivity (Wildman–Crippen MR) is 79.9 cm³/mol. The summed E-state index contributed by atoms with van der Waals surface area (Å²) in [5.41, 5.74) is -0.119. The molecule has 8 nitrogen and oxygen atoms in total. The van der Waals surface area contributed by atoms with Gasteiger partial charge in [0.15, 0.2) is 0 Å². The molecule has 2 aromatic rings. The Morgan fingerprint density at radius 1 is 1.38 bits per heavy atom. The van der Waals surface area contributed by atoms with E-state index in [1.807, 2.05) is 6.92 Å². The van der Waals surface area contributed by atoms with Gasteiger partial charge >= 0.3 is 6.01 Å². The number of non-ortho nitro benzene ring substituents is 1. The molecule has 1 aromatic heterocycles. The van der Waals surface area contributed by atoms with Crippen molar-refractivity contribution >= 4 is 39.2 Å². The SMILES string of the molecule is CCNc1nc(Cl)nc(Oc2cc(Br)cc([N+](=O)[O-])c2)n1. The lowest BCUT2D eigenvalue weighted by atomic mass is 10.3. The molecule has 0 aliphatic carbocycles. The van der Waals surface area contributed by atoms with Crippen LogP contribution in [0.25, 0.3) is 0 Å². The number of nitrogens with one attached hydrogen (secondary N) is 1. The van der Waals surface area contributed by atoms with E-state index in [0.717, 1.165) is 0 Å². The highest BCUT2D eigenvalue weighted by Gasteiger charge is 2.12. The van der Waals surface area contributed by atoms with Gasteiger partial charge in [0, 0.05) is 17.1 Å². The molecule has 1 heterocycles. The average Bonchev–Trinajstić information content (AvgIpc) is 2.37. The molecule has 0 aliphatic rings. The van der Waals surface area contributed by atoms with E-state index in [-0.39, 0.29) is 28.7 Å². The lowest BCUT2D eigenvalue weighted by Crippen LogP contribution is -2.04. The van der Waals surface area contributed by atoms with Crippen LogP contribution in [0.1, 0.15) is 6.92 Å². The zero-order chi connectivity index (χ0) is 15.4. The lowest BCUT2D eigenvalue weighted by molar-refractivity contribution is -0.385. The number of ether oxygens (including phenoxy) is 1. The van der Waals surface area contributed by atoms with Crippen LogP contribution in [-0.4, -0.2) is 26.4 Å². The van der Waals surface area contributed by atoms with Gasteiger partial charge in [0.1, 0.15) is 5.75 Å². The maximum Gasteiger partial charge on any atom is 0.328 e. The molecular formula is C11H9BrClN5O3. The molecule has 0 amide bonds. The van der Waals surface area contributed by atoms with E-state index in [1.165, 1.54) is 12.1 Å². The Labute approximate surface area is 132 Å². The fourth-order valence-electron chi connectivity index (χ4n) is 1.43. The number of nitro benzene ring substituents is 1. The highest BCUT2D eigenvalue weighted by Crippen LogP contribution is 2.28. The van der Waals surface area contributed by atoms with Crippen LogP contribution in [0.15, 0.2) is 22.7 Å². The topological polar surface area (TPSA) is 103 Å². The van der Waals surface area contributed by atoms with Crippen molar-refractivity contribution in [2.45, 2.75) is 6.92 Å². The number of nitrogens with zero attached hydrogens (tertiary/aromatic N) is 4. The maximum atomic E-state index is 10.8. The van der Waals surface area contributed by atoms with Gasteiger partial charge in [-0.2, -0.15) is 15.0 Å². The Balaban J connectivity index is 2.31. The molecule has 110 valence electrons. The van der Waals surface area contributed by atoms with Crippen molar-refractivity contribution in [3.05, 3.63) is 38.1 Å². The molecule has 0 aliphatic heterocycles. The Kier molecular flexibility index (Phi) is 4.86. The molecular weight excluding hydrogens is 366 g/mol. The van der Waals surface area contributed by atoms with Crippen LogP contribution in [-0.2, 0) is 0 Å². The summed E-state index contributed by atoms with van der Waals surface area (Å²) >= 11 is 8.94. The van der Waals surface area contributed by atoms with Crippen molar-refractivity contribution in [1.29, 1.82) is 0 Å². The minimum atomic E-state index is -0.526. The monoisotopic (exact) mass is 373 g/mol. The normalized spacial score (nSPS) is 10.2. The summed E-state index contributed by atoms with van der Waals surface area (Å²) in [5.74, 6) is 0.470. The first-order valence-electron chi connectivity index (χ1n) is 5.76. The summed E-state index contributed by atoms with van der Waals surface area (Å²) in [6, 6.07) is 4.11. The molecule has 1 N–H and O–H groups in total. The van der Waals surface area contributed by atoms with E-state index in [2.05, 4.69) is 36.2 Å². The molecule has 10 heteroatoms. The fourth-order valence-corrected chi connectivity index (χ4v) is 2.04. The van der Waals surface area contributed by atoms with E-state index in [4.69, 9.17) is 16.3 Å². The van der Waals surface area contributed by atoms with Gasteiger partial charge < -0.3 is 10.1 Å². The van der Waals surface area contributed by atoms with Gasteiger partial charge in [0.2, 0.25) is 11.2 Å². The minimum Gasteiger partial charge on any atom is -0.424 e. The van der Waals surface area contributed by atoms with Gasteiger partial charge in [-0.1, -0.05) is 15.9 Å². The van der Waals surface area contributed by atoms with Crippen LogP contribution in [0.2, 0.25) is 5.28 Å². The van der Waals surface area contributed by atoms with Crippen molar-refractivity contribution in [1.82, 2.24) is 15.0 Å². The van der Waals surface area contributed by atoms with Gasteiger partial charge in [-0.3, -0.25) is 10.1 Å². The summed E-state index contributed by atoms with van der Waals surface area (Å²) in [7, 11) is 0. The van der Waals surface area contributed by atoms with Crippen molar-refractivity contribution in [3.8, 4) is 11.8 Å². The van der Waals surface area contributed by atoms with E-state index < -0.39 is 4.92 Å². The smallest absolute Gasteiger partial charge is 0.328 e. The number of anilines is 1. The summed E-state index contributed by atoms with van der Waals surface area (Å²) in [6.45, 7) is 2.47. The number of hydrogen-bond donors (Lipinski definition) is 1. The molecule has 0 saturated heterocycles. The minimum absolute atomic E-state index is 0.0413. The van der Waals surface area contributed by atoms with Gasteiger partial charge in [0.05, 0.1) is 11.0 Å². The molecule has 0 atom stereocenters. The number of rotatable bonds is 5. The van der Waals surface area contributed by atoms with Crippen molar-refractivity contribution in [2.75, 3.05) is 11.9 Å². The zero-order valence-corrected chi connectivity index (χ0v) is 13.1. The zero-order valence-electron chi connectivity index (χ0n) is 10.7. The van der Waals surface area contributed by atoms with Gasteiger partial charge in [-0.25, -0.2) is 0 Å². The number of hydrogen-bond acceptors (Lipinski definition) is 7. The highest BCUT2D eigenvalue weighted by molar-refractivity contribution is 9.10. The summed E-state index contributed by atoms with van der Waals surface area (Å²) in [4.78, 5) is 22.0. The Bertz CT molecular complexity index is 685. The van der Waals surface area contributed by atoms with Crippen LogP contribution in [0.3, 0.4) is 0 Å². The third-order valence-corrected chi connectivity index (χ3v) is 2.83. The van der Waals surface area contributed by atoms with E-state index in [1.54, 1.807) is 6.07 Å². The molecule has 0 spiro atoms. The third-order valence-electron chi connectivity index (χ3n) is 2.20. The second kappa shape index (κ2) is 6.64. The maximum absolute atomic E-state index is 10.8. The van der Waals surface area contributed by atoms with Crippen molar-refractivity contribution in [3.63, 3.8) is 0 Å². The van der Waals surface area contributed by atoms with E-state index in [0.29, 0.717) is 11.0 Å². The second-order valence-electron chi connectivity index (χ2n) is 3.75. The van der Waals surface area contributed by atoms with Crippen LogP contribution in [0.5, 0.6) is 11.8 Å². The summed E-state index contributed by atoms with van der Waals surface area (Å²) in [5, 5.41) is 13.6. The molecule has 0 unspecified atom stereocenters. The average molecular weight is 375 g/mol. The predicted octanol–water partition coefficient (Wildman–Crippen LogP) is 3.42. The standard InChI is InChI=1S/C11H9BrClN5O3/c1-2-14-10-15-9(13)16-11(17-10)21-8-4-6(12)3-7(5-8)18(19)20/h3-5H,2H2,1H3,(H,14,15,16,17). The fraction of sp³-hybridized carbons (Fsp3) is 0.182. The van der Waals surface area contributed by atoms with Crippen molar-refractivity contribution in [2.24, 2.45) is 0 Å². The molecule has 1 aromatic carbocycles. The largest absolute Gasteiger partial charge is 0.424 e. The van der Waals surface area contributed by atoms with Gasteiger partial charge in [0.25, 0.3) is 5.69 Å². The van der Waals surface area contributed by atoms with Crippen LogP contribution >= 0.6 is 27.5 Å². The van der Waals surface area contributed by atoms with Crippen LogP contribution in [0, 0.1) is 10.1 Å². The first-order valence-corrected chi connectivity index (χ1v) is 6.93. The second-order valence-corrected chi connectivity index (χ2v) is 5.00. The molecule has 0 fully saturated rings. The number of halogens is 2.